The molecule has 0 spiro atoms. The first-order valence-electron chi connectivity index (χ1n) is 5.54. The lowest BCUT2D eigenvalue weighted by molar-refractivity contribution is -0.387. The second-order valence-corrected chi connectivity index (χ2v) is 4.35. The average Bonchev–Trinajstić information content (AvgIpc) is 2.32. The van der Waals surface area contributed by atoms with Crippen molar-refractivity contribution in [2.24, 2.45) is 7.05 Å². The van der Waals surface area contributed by atoms with Crippen molar-refractivity contribution >= 4 is 18.3 Å². The molecule has 0 amide bonds. The summed E-state index contributed by atoms with van der Waals surface area (Å²) in [5.74, 6) is 0.738. The van der Waals surface area contributed by atoms with E-state index in [4.69, 9.17) is 0 Å². The molecule has 0 radical (unpaired) electrons. The summed E-state index contributed by atoms with van der Waals surface area (Å²) >= 11 is 4.06. The first kappa shape index (κ1) is 14.5. The van der Waals surface area contributed by atoms with Crippen molar-refractivity contribution < 1.29 is 4.92 Å². The van der Waals surface area contributed by atoms with E-state index in [0.29, 0.717) is 6.42 Å². The molecule has 0 aromatic carbocycles. The zero-order valence-corrected chi connectivity index (χ0v) is 10.9. The first-order valence-corrected chi connectivity index (χ1v) is 6.18. The van der Waals surface area contributed by atoms with E-state index in [0.717, 1.165) is 33.9 Å². The normalized spacial score (nSPS) is 10.6. The quantitative estimate of drug-likeness (QED) is 0.355. The second-order valence-electron chi connectivity index (χ2n) is 3.91. The molecule has 0 saturated carbocycles. The van der Waals surface area contributed by atoms with Crippen molar-refractivity contribution in [3.63, 3.8) is 0 Å². The third kappa shape index (κ3) is 3.22. The minimum atomic E-state index is -0.839. The van der Waals surface area contributed by atoms with Gasteiger partial charge in [0.2, 0.25) is 0 Å². The molecule has 8 heteroatoms. The van der Waals surface area contributed by atoms with E-state index in [9.17, 15) is 19.7 Å². The molecule has 0 aliphatic rings. The van der Waals surface area contributed by atoms with Crippen LogP contribution in [0.3, 0.4) is 0 Å². The van der Waals surface area contributed by atoms with Gasteiger partial charge in [-0.2, -0.15) is 12.6 Å². The Morgan fingerprint density at radius 1 is 1.33 bits per heavy atom. The van der Waals surface area contributed by atoms with Crippen LogP contribution in [-0.2, 0) is 13.6 Å². The summed E-state index contributed by atoms with van der Waals surface area (Å²) in [6, 6.07) is 0. The maximum Gasteiger partial charge on any atom is 0.350 e. The van der Waals surface area contributed by atoms with Gasteiger partial charge in [0.05, 0.1) is 11.1 Å². The van der Waals surface area contributed by atoms with Gasteiger partial charge < -0.3 is 0 Å². The van der Waals surface area contributed by atoms with Gasteiger partial charge in [-0.1, -0.05) is 6.42 Å². The summed E-state index contributed by atoms with van der Waals surface area (Å²) in [4.78, 5) is 33.4. The third-order valence-electron chi connectivity index (χ3n) is 2.55. The lowest BCUT2D eigenvalue weighted by atomic mass is 10.2. The van der Waals surface area contributed by atoms with Gasteiger partial charge in [-0.25, -0.2) is 4.79 Å². The molecule has 0 aliphatic carbocycles. The molecule has 18 heavy (non-hydrogen) atoms. The number of hydrogen-bond donors (Lipinski definition) is 1. The predicted octanol–water partition coefficient (Wildman–Crippen LogP) is 0.555. The van der Waals surface area contributed by atoms with Crippen molar-refractivity contribution in [2.45, 2.75) is 25.8 Å². The van der Waals surface area contributed by atoms with Crippen LogP contribution < -0.4 is 11.2 Å². The lowest BCUT2D eigenvalue weighted by Crippen LogP contribution is -2.39. The smallest absolute Gasteiger partial charge is 0.297 e. The zero-order valence-electron chi connectivity index (χ0n) is 10.0. The Labute approximate surface area is 109 Å². The third-order valence-corrected chi connectivity index (χ3v) is 2.87. The predicted molar refractivity (Wildman–Crippen MR) is 70.3 cm³/mol. The van der Waals surface area contributed by atoms with Gasteiger partial charge in [0.25, 0.3) is 0 Å². The summed E-state index contributed by atoms with van der Waals surface area (Å²) in [7, 11) is 1.39. The van der Waals surface area contributed by atoms with Crippen LogP contribution in [0.2, 0.25) is 0 Å². The van der Waals surface area contributed by atoms with Crippen LogP contribution in [0, 0.1) is 10.1 Å². The van der Waals surface area contributed by atoms with Crippen LogP contribution in [0.5, 0.6) is 0 Å². The zero-order chi connectivity index (χ0) is 13.7. The maximum atomic E-state index is 11.7. The lowest BCUT2D eigenvalue weighted by Gasteiger charge is -2.06. The molecule has 1 rings (SSSR count). The van der Waals surface area contributed by atoms with E-state index >= 15 is 0 Å². The second kappa shape index (κ2) is 6.39. The van der Waals surface area contributed by atoms with Gasteiger partial charge in [-0.15, -0.1) is 0 Å². The van der Waals surface area contributed by atoms with E-state index in [-0.39, 0.29) is 6.54 Å². The number of hydrogen-bond acceptors (Lipinski definition) is 5. The van der Waals surface area contributed by atoms with Gasteiger partial charge in [-0.05, 0) is 18.6 Å². The minimum Gasteiger partial charge on any atom is -0.297 e. The van der Waals surface area contributed by atoms with Crippen molar-refractivity contribution in [3.8, 4) is 0 Å². The molecular weight excluding hydrogens is 258 g/mol. The molecule has 0 aliphatic heterocycles. The Morgan fingerprint density at radius 2 is 2.00 bits per heavy atom. The summed E-state index contributed by atoms with van der Waals surface area (Å²) in [5.41, 5.74) is -1.95. The van der Waals surface area contributed by atoms with Crippen LogP contribution in [-0.4, -0.2) is 19.8 Å². The Balaban J connectivity index is 3.06. The molecule has 1 aromatic rings. The molecule has 100 valence electrons. The molecule has 7 nitrogen and oxygen atoms in total. The van der Waals surface area contributed by atoms with Crippen molar-refractivity contribution in [1.29, 1.82) is 0 Å². The largest absolute Gasteiger partial charge is 0.350 e. The number of rotatable bonds is 6. The number of unbranched alkanes of at least 4 members (excludes halogenated alkanes) is 2. The van der Waals surface area contributed by atoms with E-state index in [1.54, 1.807) is 0 Å². The van der Waals surface area contributed by atoms with Gasteiger partial charge >= 0.3 is 16.9 Å². The molecule has 0 N–H and O–H groups in total. The number of nitrogens with zero attached hydrogens (tertiary/aromatic N) is 3. The molecule has 0 saturated heterocycles. The van der Waals surface area contributed by atoms with Crippen LogP contribution in [0.4, 0.5) is 5.69 Å². The van der Waals surface area contributed by atoms with Crippen LogP contribution in [0.25, 0.3) is 0 Å². The topological polar surface area (TPSA) is 87.1 Å². The Morgan fingerprint density at radius 3 is 2.56 bits per heavy atom. The average molecular weight is 273 g/mol. The number of thiol groups is 1. The SMILES string of the molecule is Cn1cc([N+](=O)[O-])c(=O)n(CCCCCS)c1=O. The Bertz CT molecular complexity index is 549. The first-order chi connectivity index (χ1) is 8.49. The molecule has 1 aromatic heterocycles. The maximum absolute atomic E-state index is 11.7. The molecular formula is C10H15N3O4S. The van der Waals surface area contributed by atoms with Gasteiger partial charge in [0.1, 0.15) is 0 Å². The highest BCUT2D eigenvalue weighted by molar-refractivity contribution is 7.80. The molecule has 0 fully saturated rings. The summed E-state index contributed by atoms with van der Waals surface area (Å²) < 4.78 is 1.97. The van der Waals surface area contributed by atoms with Crippen molar-refractivity contribution in [3.05, 3.63) is 37.1 Å². The van der Waals surface area contributed by atoms with Gasteiger partial charge in [0.15, 0.2) is 0 Å². The molecule has 0 bridgehead atoms. The van der Waals surface area contributed by atoms with E-state index in [2.05, 4.69) is 12.6 Å². The fourth-order valence-electron chi connectivity index (χ4n) is 1.59. The fraction of sp³-hybridized carbons (Fsp3) is 0.600. The van der Waals surface area contributed by atoms with Crippen LogP contribution in [0.15, 0.2) is 15.8 Å². The van der Waals surface area contributed by atoms with Crippen molar-refractivity contribution in [2.75, 3.05) is 5.75 Å². The summed E-state index contributed by atoms with van der Waals surface area (Å²) in [6.07, 6.45) is 3.28. The Hall–Kier alpha value is -1.57. The van der Waals surface area contributed by atoms with E-state index in [1.807, 2.05) is 0 Å². The molecule has 0 unspecified atom stereocenters. The van der Waals surface area contributed by atoms with Gasteiger partial charge in [-0.3, -0.25) is 24.0 Å². The number of aryl methyl sites for hydroxylation is 1. The van der Waals surface area contributed by atoms with E-state index in [1.165, 1.54) is 7.05 Å². The fourth-order valence-corrected chi connectivity index (χ4v) is 1.81. The highest BCUT2D eigenvalue weighted by Crippen LogP contribution is 2.01. The number of nitro groups is 1. The summed E-state index contributed by atoms with van der Waals surface area (Å²) in [6.45, 7) is 0.195. The molecule has 0 atom stereocenters. The monoisotopic (exact) mass is 273 g/mol. The number of aromatic nitrogens is 2. The summed E-state index contributed by atoms with van der Waals surface area (Å²) in [5, 5.41) is 10.7. The molecule has 1 heterocycles. The van der Waals surface area contributed by atoms with Crippen LogP contribution in [0.1, 0.15) is 19.3 Å². The van der Waals surface area contributed by atoms with Crippen LogP contribution >= 0.6 is 12.6 Å². The van der Waals surface area contributed by atoms with E-state index < -0.39 is 21.9 Å². The Kier molecular flexibility index (Phi) is 5.14. The van der Waals surface area contributed by atoms with Gasteiger partial charge in [0, 0.05) is 13.6 Å². The highest BCUT2D eigenvalue weighted by Gasteiger charge is 2.18. The standard InChI is InChI=1S/C10H15N3O4S/c1-11-7-8(13(16)17)9(14)12(10(11)15)5-3-2-4-6-18/h7,18H,2-6H2,1H3. The minimum absolute atomic E-state index is 0.195. The highest BCUT2D eigenvalue weighted by atomic mass is 32.1. The van der Waals surface area contributed by atoms with Crippen molar-refractivity contribution in [1.82, 2.24) is 9.13 Å².